The number of benzene rings is 1. The summed E-state index contributed by atoms with van der Waals surface area (Å²) < 4.78 is 18.5. The van der Waals surface area contributed by atoms with Crippen molar-refractivity contribution in [1.82, 2.24) is 15.1 Å². The highest BCUT2D eigenvalue weighted by Gasteiger charge is 2.75. The zero-order valence-electron chi connectivity index (χ0n) is 31.4. The van der Waals surface area contributed by atoms with Gasteiger partial charge in [0.2, 0.25) is 17.7 Å². The van der Waals surface area contributed by atoms with Crippen LogP contribution in [0.25, 0.3) is 0 Å². The van der Waals surface area contributed by atoms with E-state index in [-0.39, 0.29) is 55.9 Å². The Morgan fingerprint density at radius 2 is 1.84 bits per heavy atom. The van der Waals surface area contributed by atoms with Gasteiger partial charge in [0.15, 0.2) is 0 Å². The second-order valence-corrected chi connectivity index (χ2v) is 16.0. The fourth-order valence-corrected chi connectivity index (χ4v) is 8.77. The molecule has 0 aromatic heterocycles. The summed E-state index contributed by atoms with van der Waals surface area (Å²) >= 11 is 0. The molecule has 11 heteroatoms. The summed E-state index contributed by atoms with van der Waals surface area (Å²) in [6.45, 7) is 18.6. The van der Waals surface area contributed by atoms with E-state index in [4.69, 9.17) is 14.2 Å². The lowest BCUT2D eigenvalue weighted by molar-refractivity contribution is -0.163. The Labute approximate surface area is 303 Å². The Morgan fingerprint density at radius 1 is 1.14 bits per heavy atom. The molecule has 282 valence electrons. The maximum atomic E-state index is 14.9. The molecule has 1 spiro atoms. The lowest BCUT2D eigenvalue weighted by Gasteiger charge is -2.45. The minimum absolute atomic E-state index is 0.0441. The third kappa shape index (κ3) is 8.75. The van der Waals surface area contributed by atoms with Gasteiger partial charge in [-0.05, 0) is 63.4 Å². The van der Waals surface area contributed by atoms with E-state index in [0.29, 0.717) is 44.1 Å². The van der Waals surface area contributed by atoms with Gasteiger partial charge in [-0.3, -0.25) is 19.2 Å². The Hall–Kier alpha value is -3.54. The Balaban J connectivity index is 1.72. The number of fused-ring (bicyclic) bond motifs is 1. The molecule has 3 heterocycles. The van der Waals surface area contributed by atoms with Gasteiger partial charge in [0.05, 0.1) is 30.6 Å². The predicted molar refractivity (Wildman–Crippen MR) is 194 cm³/mol. The second kappa shape index (κ2) is 16.9. The van der Waals surface area contributed by atoms with Gasteiger partial charge < -0.3 is 34.4 Å². The number of hydrogen-bond donors (Lipinski definition) is 2. The topological polar surface area (TPSA) is 135 Å². The molecule has 3 aliphatic rings. The van der Waals surface area contributed by atoms with Gasteiger partial charge in [0, 0.05) is 38.8 Å². The second-order valence-electron chi connectivity index (χ2n) is 16.0. The molecule has 4 rings (SSSR count). The third-order valence-electron chi connectivity index (χ3n) is 10.4. The van der Waals surface area contributed by atoms with Crippen LogP contribution in [-0.4, -0.2) is 101 Å². The number of unbranched alkanes of at least 4 members (excludes halogenated alkanes) is 1. The molecule has 3 fully saturated rings. The quantitative estimate of drug-likeness (QED) is 0.120. The number of ether oxygens (including phenoxy) is 3. The van der Waals surface area contributed by atoms with Crippen LogP contribution < -0.4 is 5.32 Å². The Morgan fingerprint density at radius 3 is 2.45 bits per heavy atom. The monoisotopic (exact) mass is 709 g/mol. The Bertz CT molecular complexity index is 1410. The van der Waals surface area contributed by atoms with Crippen molar-refractivity contribution in [3.8, 4) is 0 Å². The average Bonchev–Trinajstić information content (AvgIpc) is 3.71. The van der Waals surface area contributed by atoms with Gasteiger partial charge >= 0.3 is 5.97 Å². The normalized spacial score (nSPS) is 25.2. The lowest BCUT2D eigenvalue weighted by Crippen LogP contribution is -2.61. The number of aliphatic hydroxyl groups excluding tert-OH is 1. The molecule has 51 heavy (non-hydrogen) atoms. The van der Waals surface area contributed by atoms with Crippen molar-refractivity contribution in [1.29, 1.82) is 0 Å². The largest absolute Gasteiger partial charge is 0.455 e. The summed E-state index contributed by atoms with van der Waals surface area (Å²) in [4.78, 5) is 60.3. The van der Waals surface area contributed by atoms with Crippen molar-refractivity contribution < 1.29 is 38.5 Å². The van der Waals surface area contributed by atoms with Gasteiger partial charge in [-0.2, -0.15) is 0 Å². The van der Waals surface area contributed by atoms with Crippen LogP contribution in [0.2, 0.25) is 0 Å². The molecule has 0 radical (unpaired) electrons. The molecule has 2 N–H and O–H groups in total. The minimum Gasteiger partial charge on any atom is -0.455 e. The summed E-state index contributed by atoms with van der Waals surface area (Å²) in [6.07, 6.45) is 5.11. The molecule has 2 bridgehead atoms. The first-order valence-corrected chi connectivity index (χ1v) is 18.3. The molecule has 1 aromatic carbocycles. The molecule has 1 aromatic rings. The molecule has 3 saturated heterocycles. The van der Waals surface area contributed by atoms with Crippen molar-refractivity contribution >= 4 is 23.7 Å². The minimum atomic E-state index is -1.22. The van der Waals surface area contributed by atoms with Crippen LogP contribution in [0.5, 0.6) is 0 Å². The first kappa shape index (κ1) is 40.2. The van der Waals surface area contributed by atoms with E-state index in [0.717, 1.165) is 0 Å². The van der Waals surface area contributed by atoms with Gasteiger partial charge in [-0.15, -0.1) is 13.2 Å². The SMILES string of the molecule is C=CCCC(=O)N[C@H](COC)[C@H](OC(=O)[C@@H]1[C@H]2C(=O)N(CCCCO)[C@H](C(=O)N(CC=C)C(C)(C)CC(C)(C)C)[C@]23CC[C@H]1O3)c1ccccc1. The maximum Gasteiger partial charge on any atom is 0.313 e. The number of methoxy groups -OCH3 is 1. The highest BCUT2D eigenvalue weighted by atomic mass is 16.6. The number of aliphatic hydroxyl groups is 1. The summed E-state index contributed by atoms with van der Waals surface area (Å²) in [6, 6.07) is 7.47. The van der Waals surface area contributed by atoms with Crippen LogP contribution in [0.3, 0.4) is 0 Å². The highest BCUT2D eigenvalue weighted by Crippen LogP contribution is 2.59. The van der Waals surface area contributed by atoms with Crippen LogP contribution in [0.15, 0.2) is 55.6 Å². The van der Waals surface area contributed by atoms with Gasteiger partial charge in [-0.1, -0.05) is 63.3 Å². The standard InChI is InChI=1S/C40H59N3O8/c1-9-11-19-30(45)41-28(25-49-8)33(27-17-13-12-14-18-27)50-37(48)31-29-20-21-40(51-29)32(31)35(46)42(23-15-16-24-44)34(40)36(47)43(22-10-2)39(6,7)26-38(3,4)5/h9-10,12-14,17-18,28-29,31-34,44H,1-2,11,15-16,19-26H2,3-8H3,(H,41,45)/t28-,29-,31+,32+,33-,34-,40+/m1/s1. The first-order chi connectivity index (χ1) is 24.2. The number of likely N-dealkylation sites (tertiary alicyclic amines) is 1. The van der Waals surface area contributed by atoms with Crippen LogP contribution in [0.4, 0.5) is 0 Å². The van der Waals surface area contributed by atoms with E-state index in [1.165, 1.54) is 7.11 Å². The van der Waals surface area contributed by atoms with E-state index in [1.54, 1.807) is 22.0 Å². The van der Waals surface area contributed by atoms with Crippen molar-refractivity contribution in [3.63, 3.8) is 0 Å². The number of allylic oxidation sites excluding steroid dienone is 1. The molecule has 0 unspecified atom stereocenters. The van der Waals surface area contributed by atoms with Crippen molar-refractivity contribution in [2.24, 2.45) is 17.3 Å². The molecule has 0 saturated carbocycles. The number of nitrogens with one attached hydrogen (secondary N) is 1. The first-order valence-electron chi connectivity index (χ1n) is 18.3. The lowest BCUT2D eigenvalue weighted by atomic mass is 9.70. The van der Waals surface area contributed by atoms with Gasteiger partial charge in [0.25, 0.3) is 0 Å². The molecular weight excluding hydrogens is 650 g/mol. The zero-order chi connectivity index (χ0) is 37.6. The number of carbonyl (C=O) groups is 4. The van der Waals surface area contributed by atoms with Crippen LogP contribution in [0, 0.1) is 17.3 Å². The van der Waals surface area contributed by atoms with E-state index in [1.807, 2.05) is 44.2 Å². The molecule has 11 nitrogen and oxygen atoms in total. The predicted octanol–water partition coefficient (Wildman–Crippen LogP) is 4.74. The third-order valence-corrected chi connectivity index (χ3v) is 10.4. The summed E-state index contributed by atoms with van der Waals surface area (Å²) in [5.74, 6) is -3.28. The van der Waals surface area contributed by atoms with E-state index in [9.17, 15) is 24.3 Å². The number of hydrogen-bond acceptors (Lipinski definition) is 8. The van der Waals surface area contributed by atoms with Crippen LogP contribution in [0.1, 0.15) is 91.2 Å². The van der Waals surface area contributed by atoms with Gasteiger partial charge in [-0.25, -0.2) is 0 Å². The van der Waals surface area contributed by atoms with Crippen molar-refractivity contribution in [2.75, 3.05) is 33.4 Å². The van der Waals surface area contributed by atoms with E-state index in [2.05, 4.69) is 39.2 Å². The molecule has 0 aliphatic carbocycles. The number of carbonyl (C=O) groups excluding carboxylic acids is 4. The summed E-state index contributed by atoms with van der Waals surface area (Å²) in [5, 5.41) is 12.6. The highest BCUT2D eigenvalue weighted by molar-refractivity contribution is 5.98. The molecule has 3 aliphatic heterocycles. The number of rotatable bonds is 19. The van der Waals surface area contributed by atoms with E-state index >= 15 is 0 Å². The Kier molecular flexibility index (Phi) is 13.3. The summed E-state index contributed by atoms with van der Waals surface area (Å²) in [5.41, 5.74) is -1.23. The number of nitrogens with zero attached hydrogens (tertiary/aromatic N) is 2. The van der Waals surface area contributed by atoms with E-state index < -0.39 is 53.2 Å². The maximum absolute atomic E-state index is 14.9. The fourth-order valence-electron chi connectivity index (χ4n) is 8.77. The van der Waals surface area contributed by atoms with Crippen LogP contribution in [-0.2, 0) is 33.4 Å². The molecule has 7 atom stereocenters. The average molecular weight is 710 g/mol. The van der Waals surface area contributed by atoms with Crippen LogP contribution >= 0.6 is 0 Å². The smallest absolute Gasteiger partial charge is 0.313 e. The number of amides is 3. The van der Waals surface area contributed by atoms with Crippen molar-refractivity contribution in [2.45, 2.75) is 115 Å². The molecule has 3 amide bonds. The molecular formula is C40H59N3O8. The fraction of sp³-hybridized carbons (Fsp3) is 0.650. The zero-order valence-corrected chi connectivity index (χ0v) is 31.4. The summed E-state index contributed by atoms with van der Waals surface area (Å²) in [7, 11) is 1.51. The number of esters is 1. The van der Waals surface area contributed by atoms with Gasteiger partial charge in [0.1, 0.15) is 17.7 Å². The van der Waals surface area contributed by atoms with Crippen molar-refractivity contribution in [3.05, 3.63) is 61.2 Å².